The maximum Gasteiger partial charge on any atom is 0.251 e. The molecule has 5 rings (SSSR count). The lowest BCUT2D eigenvalue weighted by molar-refractivity contribution is 0.0943. The second kappa shape index (κ2) is 11.3. The minimum absolute atomic E-state index is 0.0488. The summed E-state index contributed by atoms with van der Waals surface area (Å²) >= 11 is 0. The van der Waals surface area contributed by atoms with E-state index in [0.29, 0.717) is 35.8 Å². The molecule has 0 aliphatic heterocycles. The van der Waals surface area contributed by atoms with Gasteiger partial charge in [-0.05, 0) is 80.1 Å². The molecule has 0 atom stereocenters. The van der Waals surface area contributed by atoms with Crippen molar-refractivity contribution in [1.29, 1.82) is 0 Å². The average molecular weight is 496 g/mol. The zero-order chi connectivity index (χ0) is 25.6. The second-order valence-corrected chi connectivity index (χ2v) is 9.79. The third-order valence-corrected chi connectivity index (χ3v) is 6.83. The van der Waals surface area contributed by atoms with Crippen LogP contribution in [0.25, 0.3) is 10.9 Å². The minimum Gasteiger partial charge on any atom is -0.457 e. The van der Waals surface area contributed by atoms with Gasteiger partial charge in [-0.1, -0.05) is 30.3 Å². The van der Waals surface area contributed by atoms with Crippen LogP contribution in [-0.4, -0.2) is 42.6 Å². The summed E-state index contributed by atoms with van der Waals surface area (Å²) in [5, 5.41) is 7.72. The van der Waals surface area contributed by atoms with Crippen LogP contribution in [0.4, 0.5) is 11.8 Å². The highest BCUT2D eigenvalue weighted by Crippen LogP contribution is 2.28. The Labute approximate surface area is 217 Å². The number of nitrogens with zero attached hydrogens (tertiary/aromatic N) is 3. The first-order chi connectivity index (χ1) is 18.0. The van der Waals surface area contributed by atoms with E-state index in [9.17, 15) is 4.79 Å². The van der Waals surface area contributed by atoms with E-state index < -0.39 is 0 Å². The number of para-hydroxylation sites is 2. The first kappa shape index (κ1) is 24.6. The van der Waals surface area contributed by atoms with Crippen molar-refractivity contribution < 1.29 is 9.53 Å². The SMILES string of the molecule is CN(C)c1nc(NC2CCC(CNC(=O)c3ccc(Oc4ccccc4)cc3)CC2)nc2ccccc12. The zero-order valence-corrected chi connectivity index (χ0v) is 21.4. The molecule has 7 heteroatoms. The third kappa shape index (κ3) is 6.17. The van der Waals surface area contributed by atoms with Crippen LogP contribution in [-0.2, 0) is 0 Å². The lowest BCUT2D eigenvalue weighted by Crippen LogP contribution is -2.34. The molecule has 1 aliphatic rings. The summed E-state index contributed by atoms with van der Waals surface area (Å²) in [6, 6.07) is 25.3. The molecule has 0 spiro atoms. The smallest absolute Gasteiger partial charge is 0.251 e. The standard InChI is InChI=1S/C30H33N5O2/c1-35(2)28-26-10-6-7-11-27(26)33-30(34-28)32-23-16-12-21(13-17-23)20-31-29(36)22-14-18-25(19-15-22)37-24-8-4-3-5-9-24/h3-11,14-15,18-19,21,23H,12-13,16-17,20H2,1-2H3,(H,31,36)(H,32,33,34). The molecule has 2 N–H and O–H groups in total. The Bertz CT molecular complexity index is 1330. The quantitative estimate of drug-likeness (QED) is 0.317. The van der Waals surface area contributed by atoms with Gasteiger partial charge >= 0.3 is 0 Å². The first-order valence-corrected chi connectivity index (χ1v) is 12.9. The number of ether oxygens (including phenoxy) is 1. The van der Waals surface area contributed by atoms with Crippen LogP contribution < -0.4 is 20.3 Å². The van der Waals surface area contributed by atoms with E-state index in [0.717, 1.165) is 48.2 Å². The third-order valence-electron chi connectivity index (χ3n) is 6.83. The number of aromatic nitrogens is 2. The van der Waals surface area contributed by atoms with Crippen LogP contribution in [0.3, 0.4) is 0 Å². The molecule has 37 heavy (non-hydrogen) atoms. The van der Waals surface area contributed by atoms with Crippen LogP contribution in [0.1, 0.15) is 36.0 Å². The highest BCUT2D eigenvalue weighted by molar-refractivity contribution is 5.94. The van der Waals surface area contributed by atoms with Gasteiger partial charge in [0.25, 0.3) is 5.91 Å². The number of hydrogen-bond donors (Lipinski definition) is 2. The van der Waals surface area contributed by atoms with Crippen molar-refractivity contribution in [2.75, 3.05) is 30.9 Å². The summed E-state index contributed by atoms with van der Waals surface area (Å²) in [5.74, 6) is 3.50. The Morgan fingerprint density at radius 3 is 2.27 bits per heavy atom. The minimum atomic E-state index is -0.0488. The summed E-state index contributed by atoms with van der Waals surface area (Å²) < 4.78 is 5.81. The summed E-state index contributed by atoms with van der Waals surface area (Å²) in [4.78, 5) is 24.2. The molecular weight excluding hydrogens is 462 g/mol. The molecule has 0 radical (unpaired) electrons. The topological polar surface area (TPSA) is 79.4 Å². The molecule has 7 nitrogen and oxygen atoms in total. The van der Waals surface area contributed by atoms with Crippen LogP contribution >= 0.6 is 0 Å². The molecule has 1 heterocycles. The van der Waals surface area contributed by atoms with Gasteiger partial charge in [-0.15, -0.1) is 0 Å². The Balaban J connectivity index is 1.10. The fourth-order valence-electron chi connectivity index (χ4n) is 4.80. The van der Waals surface area contributed by atoms with Crippen molar-refractivity contribution in [3.63, 3.8) is 0 Å². The Hall–Kier alpha value is -4.13. The van der Waals surface area contributed by atoms with Crippen LogP contribution in [0.5, 0.6) is 11.5 Å². The van der Waals surface area contributed by atoms with E-state index in [1.54, 1.807) is 12.1 Å². The van der Waals surface area contributed by atoms with E-state index >= 15 is 0 Å². The van der Waals surface area contributed by atoms with Gasteiger partial charge in [0.2, 0.25) is 5.95 Å². The van der Waals surface area contributed by atoms with Crippen molar-refractivity contribution in [1.82, 2.24) is 15.3 Å². The number of anilines is 2. The van der Waals surface area contributed by atoms with E-state index in [1.807, 2.05) is 79.7 Å². The summed E-state index contributed by atoms with van der Waals surface area (Å²) in [6.07, 6.45) is 4.16. The Kier molecular flexibility index (Phi) is 7.49. The van der Waals surface area contributed by atoms with Gasteiger partial charge in [0.1, 0.15) is 17.3 Å². The van der Waals surface area contributed by atoms with Gasteiger partial charge in [0.05, 0.1) is 5.52 Å². The number of benzene rings is 3. The summed E-state index contributed by atoms with van der Waals surface area (Å²) in [7, 11) is 4.01. The van der Waals surface area contributed by atoms with Crippen molar-refractivity contribution >= 4 is 28.6 Å². The number of rotatable bonds is 8. The fraction of sp³-hybridized carbons (Fsp3) is 0.300. The summed E-state index contributed by atoms with van der Waals surface area (Å²) in [5.41, 5.74) is 1.58. The maximum absolute atomic E-state index is 12.7. The van der Waals surface area contributed by atoms with Gasteiger partial charge in [0, 0.05) is 37.6 Å². The van der Waals surface area contributed by atoms with Crippen LogP contribution in [0.15, 0.2) is 78.9 Å². The normalized spacial score (nSPS) is 17.2. The molecule has 1 amide bonds. The predicted molar refractivity (Wildman–Crippen MR) is 149 cm³/mol. The maximum atomic E-state index is 12.7. The molecule has 1 saturated carbocycles. The molecule has 1 fully saturated rings. The van der Waals surface area contributed by atoms with Crippen LogP contribution in [0.2, 0.25) is 0 Å². The highest BCUT2D eigenvalue weighted by Gasteiger charge is 2.23. The number of hydrogen-bond acceptors (Lipinski definition) is 6. The van der Waals surface area contributed by atoms with E-state index in [2.05, 4.69) is 16.7 Å². The first-order valence-electron chi connectivity index (χ1n) is 12.9. The van der Waals surface area contributed by atoms with Crippen molar-refractivity contribution in [2.45, 2.75) is 31.7 Å². The summed E-state index contributed by atoms with van der Waals surface area (Å²) in [6.45, 7) is 0.686. The van der Waals surface area contributed by atoms with E-state index in [-0.39, 0.29) is 5.91 Å². The molecule has 0 saturated heterocycles. The predicted octanol–water partition coefficient (Wildman–Crippen LogP) is 5.89. The molecule has 190 valence electrons. The van der Waals surface area contributed by atoms with Gasteiger partial charge in [0.15, 0.2) is 0 Å². The molecule has 1 aromatic heterocycles. The largest absolute Gasteiger partial charge is 0.457 e. The Morgan fingerprint density at radius 1 is 0.865 bits per heavy atom. The zero-order valence-electron chi connectivity index (χ0n) is 21.4. The molecule has 0 unspecified atom stereocenters. The molecule has 4 aromatic rings. The number of nitrogens with one attached hydrogen (secondary N) is 2. The van der Waals surface area contributed by atoms with Gasteiger partial charge in [-0.2, -0.15) is 4.98 Å². The second-order valence-electron chi connectivity index (χ2n) is 9.79. The van der Waals surface area contributed by atoms with E-state index in [4.69, 9.17) is 14.7 Å². The fourth-order valence-corrected chi connectivity index (χ4v) is 4.80. The van der Waals surface area contributed by atoms with Crippen LogP contribution in [0, 0.1) is 5.92 Å². The monoisotopic (exact) mass is 495 g/mol. The van der Waals surface area contributed by atoms with Crippen molar-refractivity contribution in [3.05, 3.63) is 84.4 Å². The number of fused-ring (bicyclic) bond motifs is 1. The Morgan fingerprint density at radius 2 is 1.54 bits per heavy atom. The number of amides is 1. The molecular formula is C30H33N5O2. The number of carbonyl (C=O) groups excluding carboxylic acids is 1. The highest BCUT2D eigenvalue weighted by atomic mass is 16.5. The van der Waals surface area contributed by atoms with Crippen molar-refractivity contribution in [3.8, 4) is 11.5 Å². The lowest BCUT2D eigenvalue weighted by Gasteiger charge is -2.29. The molecule has 0 bridgehead atoms. The molecule has 1 aliphatic carbocycles. The number of carbonyl (C=O) groups is 1. The average Bonchev–Trinajstić information content (AvgIpc) is 2.93. The van der Waals surface area contributed by atoms with Crippen molar-refractivity contribution in [2.24, 2.45) is 5.92 Å². The molecule has 3 aromatic carbocycles. The van der Waals surface area contributed by atoms with Gasteiger partial charge in [-0.25, -0.2) is 4.98 Å². The van der Waals surface area contributed by atoms with E-state index in [1.165, 1.54) is 0 Å². The lowest BCUT2D eigenvalue weighted by atomic mass is 9.86. The van der Waals surface area contributed by atoms with Gasteiger partial charge < -0.3 is 20.3 Å². The van der Waals surface area contributed by atoms with Gasteiger partial charge in [-0.3, -0.25) is 4.79 Å².